The standard InChI is InChI=1S/C23H33N7OS/c1-16-17(2)31-15-23(16)4-9-29(10-5-23)20-14-27-22(21(24)28-20)32-18-3-6-26-19(13-18)30-11-7-25-8-12-30/h3,6,13-14,16-17,25H,4-5,7-12,15H2,1-2H3,(H2,24,28). The van der Waals surface area contributed by atoms with Crippen molar-refractivity contribution in [1.29, 1.82) is 0 Å². The van der Waals surface area contributed by atoms with Gasteiger partial charge in [-0.1, -0.05) is 18.7 Å². The summed E-state index contributed by atoms with van der Waals surface area (Å²) in [6, 6.07) is 4.11. The molecule has 2 unspecified atom stereocenters. The molecule has 2 aromatic rings. The number of piperazine rings is 1. The van der Waals surface area contributed by atoms with Gasteiger partial charge in [0.1, 0.15) is 16.7 Å². The van der Waals surface area contributed by atoms with Crippen molar-refractivity contribution in [3.63, 3.8) is 0 Å². The number of rotatable bonds is 4. The number of nitrogen functional groups attached to an aromatic ring is 1. The van der Waals surface area contributed by atoms with Crippen molar-refractivity contribution in [2.75, 3.05) is 61.4 Å². The van der Waals surface area contributed by atoms with Crippen molar-refractivity contribution >= 4 is 29.2 Å². The van der Waals surface area contributed by atoms with E-state index in [1.54, 1.807) is 11.8 Å². The molecule has 0 radical (unpaired) electrons. The number of anilines is 3. The Bertz CT molecular complexity index is 944. The average Bonchev–Trinajstić information content (AvgIpc) is 3.10. The van der Waals surface area contributed by atoms with Crippen molar-refractivity contribution in [2.45, 2.75) is 42.7 Å². The molecule has 5 rings (SSSR count). The quantitative estimate of drug-likeness (QED) is 0.722. The minimum atomic E-state index is 0.314. The zero-order valence-corrected chi connectivity index (χ0v) is 19.8. The van der Waals surface area contributed by atoms with Crippen LogP contribution in [0, 0.1) is 11.3 Å². The van der Waals surface area contributed by atoms with Crippen LogP contribution in [-0.4, -0.2) is 66.9 Å². The molecule has 3 saturated heterocycles. The van der Waals surface area contributed by atoms with Crippen molar-refractivity contribution < 1.29 is 4.74 Å². The Morgan fingerprint density at radius 2 is 1.84 bits per heavy atom. The monoisotopic (exact) mass is 455 g/mol. The fraction of sp³-hybridized carbons (Fsp3) is 0.609. The highest BCUT2D eigenvalue weighted by molar-refractivity contribution is 7.99. The summed E-state index contributed by atoms with van der Waals surface area (Å²) in [5.41, 5.74) is 6.65. The van der Waals surface area contributed by atoms with Crippen molar-refractivity contribution in [3.8, 4) is 0 Å². The lowest BCUT2D eigenvalue weighted by atomic mass is 9.70. The zero-order valence-electron chi connectivity index (χ0n) is 19.0. The predicted molar refractivity (Wildman–Crippen MR) is 128 cm³/mol. The SMILES string of the molecule is CC1OCC2(CCN(c3cnc(Sc4ccnc(N5CCNCC5)c4)c(N)n3)CC2)C1C. The molecule has 2 atom stereocenters. The molecule has 8 nitrogen and oxygen atoms in total. The maximum Gasteiger partial charge on any atom is 0.158 e. The fourth-order valence-corrected chi connectivity index (χ4v) is 5.88. The van der Waals surface area contributed by atoms with E-state index in [9.17, 15) is 0 Å². The molecule has 0 amide bonds. The largest absolute Gasteiger partial charge is 0.381 e. The van der Waals surface area contributed by atoms with E-state index in [4.69, 9.17) is 15.5 Å². The Kier molecular flexibility index (Phi) is 6.14. The van der Waals surface area contributed by atoms with E-state index in [-0.39, 0.29) is 0 Å². The number of aromatic nitrogens is 3. The van der Waals surface area contributed by atoms with Crippen molar-refractivity contribution in [3.05, 3.63) is 24.5 Å². The first-order valence-electron chi connectivity index (χ1n) is 11.6. The second-order valence-electron chi connectivity index (χ2n) is 9.26. The number of nitrogens with two attached hydrogens (primary N) is 1. The Morgan fingerprint density at radius 1 is 1.09 bits per heavy atom. The van der Waals surface area contributed by atoms with Gasteiger partial charge in [-0.25, -0.2) is 15.0 Å². The van der Waals surface area contributed by atoms with E-state index in [0.29, 0.717) is 23.3 Å². The lowest BCUT2D eigenvalue weighted by Gasteiger charge is -2.41. The molecule has 172 valence electrons. The van der Waals surface area contributed by atoms with Gasteiger partial charge in [0.05, 0.1) is 18.9 Å². The maximum atomic E-state index is 6.34. The molecule has 0 aliphatic carbocycles. The molecule has 32 heavy (non-hydrogen) atoms. The summed E-state index contributed by atoms with van der Waals surface area (Å²) in [6.45, 7) is 11.3. The number of nitrogens with zero attached hydrogens (tertiary/aromatic N) is 5. The number of piperidine rings is 1. The summed E-state index contributed by atoms with van der Waals surface area (Å²) < 4.78 is 5.96. The lowest BCUT2D eigenvalue weighted by Crippen LogP contribution is -2.44. The van der Waals surface area contributed by atoms with Gasteiger partial charge in [0, 0.05) is 55.8 Å². The number of ether oxygens (including phenoxy) is 1. The van der Waals surface area contributed by atoms with Gasteiger partial charge < -0.3 is 25.6 Å². The van der Waals surface area contributed by atoms with Gasteiger partial charge in [0.15, 0.2) is 5.82 Å². The Hall–Kier alpha value is -2.10. The van der Waals surface area contributed by atoms with Crippen molar-refractivity contribution in [2.24, 2.45) is 11.3 Å². The molecule has 3 N–H and O–H groups in total. The molecule has 2 aromatic heterocycles. The first-order chi connectivity index (χ1) is 15.5. The number of pyridine rings is 1. The predicted octanol–water partition coefficient (Wildman–Crippen LogP) is 2.66. The van der Waals surface area contributed by atoms with Crippen LogP contribution in [0.15, 0.2) is 34.4 Å². The second kappa shape index (κ2) is 9.03. The molecule has 0 aromatic carbocycles. The maximum absolute atomic E-state index is 6.34. The zero-order chi connectivity index (χ0) is 22.1. The van der Waals surface area contributed by atoms with Crippen LogP contribution >= 0.6 is 11.8 Å². The van der Waals surface area contributed by atoms with E-state index in [2.05, 4.69) is 45.0 Å². The van der Waals surface area contributed by atoms with Gasteiger partial charge in [-0.2, -0.15) is 0 Å². The Labute approximate surface area is 194 Å². The molecule has 1 spiro atoms. The molecule has 5 heterocycles. The van der Waals surface area contributed by atoms with Gasteiger partial charge in [0.2, 0.25) is 0 Å². The van der Waals surface area contributed by atoms with Crippen LogP contribution in [0.1, 0.15) is 26.7 Å². The average molecular weight is 456 g/mol. The third-order valence-electron chi connectivity index (χ3n) is 7.51. The van der Waals surface area contributed by atoms with Crippen LogP contribution in [0.2, 0.25) is 0 Å². The van der Waals surface area contributed by atoms with Crippen LogP contribution in [0.3, 0.4) is 0 Å². The summed E-state index contributed by atoms with van der Waals surface area (Å²) in [6.07, 6.45) is 6.33. The molecule has 3 aliphatic rings. The van der Waals surface area contributed by atoms with Crippen LogP contribution in [0.25, 0.3) is 0 Å². The number of hydrogen-bond acceptors (Lipinski definition) is 9. The van der Waals surface area contributed by atoms with E-state index in [1.165, 1.54) is 0 Å². The topological polar surface area (TPSA) is 92.4 Å². The summed E-state index contributed by atoms with van der Waals surface area (Å²) in [7, 11) is 0. The van der Waals surface area contributed by atoms with Crippen molar-refractivity contribution in [1.82, 2.24) is 20.3 Å². The molecule has 0 saturated carbocycles. The lowest BCUT2D eigenvalue weighted by molar-refractivity contribution is 0.0969. The number of nitrogens with one attached hydrogen (secondary N) is 1. The smallest absolute Gasteiger partial charge is 0.158 e. The Morgan fingerprint density at radius 3 is 2.53 bits per heavy atom. The highest BCUT2D eigenvalue weighted by Crippen LogP contribution is 2.46. The summed E-state index contributed by atoms with van der Waals surface area (Å²) >= 11 is 1.55. The third-order valence-corrected chi connectivity index (χ3v) is 8.51. The molecule has 3 aliphatic heterocycles. The van der Waals surface area contributed by atoms with E-state index < -0.39 is 0 Å². The highest BCUT2D eigenvalue weighted by atomic mass is 32.2. The van der Waals surface area contributed by atoms with E-state index in [1.807, 2.05) is 18.5 Å². The molecular formula is C23H33N7OS. The number of hydrogen-bond donors (Lipinski definition) is 2. The first-order valence-corrected chi connectivity index (χ1v) is 12.4. The van der Waals surface area contributed by atoms with Crippen LogP contribution < -0.4 is 20.9 Å². The summed E-state index contributed by atoms with van der Waals surface area (Å²) in [5.74, 6) is 2.96. The summed E-state index contributed by atoms with van der Waals surface area (Å²) in [5, 5.41) is 4.12. The molecule has 9 heteroatoms. The van der Waals surface area contributed by atoms with Gasteiger partial charge in [-0.3, -0.25) is 0 Å². The van der Waals surface area contributed by atoms with Gasteiger partial charge >= 0.3 is 0 Å². The van der Waals surface area contributed by atoms with Crippen LogP contribution in [0.5, 0.6) is 0 Å². The van der Waals surface area contributed by atoms with E-state index >= 15 is 0 Å². The van der Waals surface area contributed by atoms with Crippen LogP contribution in [-0.2, 0) is 4.74 Å². The minimum Gasteiger partial charge on any atom is -0.381 e. The summed E-state index contributed by atoms with van der Waals surface area (Å²) in [4.78, 5) is 19.6. The first kappa shape index (κ1) is 21.7. The van der Waals surface area contributed by atoms with E-state index in [0.717, 1.165) is 80.3 Å². The molecule has 3 fully saturated rings. The Balaban J connectivity index is 1.24. The van der Waals surface area contributed by atoms with Gasteiger partial charge in [-0.05, 0) is 37.8 Å². The van der Waals surface area contributed by atoms with Gasteiger partial charge in [-0.15, -0.1) is 0 Å². The van der Waals surface area contributed by atoms with Crippen LogP contribution in [0.4, 0.5) is 17.5 Å². The second-order valence-corrected chi connectivity index (χ2v) is 10.3. The highest BCUT2D eigenvalue weighted by Gasteiger charge is 2.47. The molecular weight excluding hydrogens is 422 g/mol. The molecule has 0 bridgehead atoms. The third kappa shape index (κ3) is 4.25. The normalized spacial score (nSPS) is 25.4. The minimum absolute atomic E-state index is 0.314. The van der Waals surface area contributed by atoms with Gasteiger partial charge in [0.25, 0.3) is 0 Å². The fourth-order valence-electron chi connectivity index (χ4n) is 5.11.